The van der Waals surface area contributed by atoms with Crippen molar-refractivity contribution in [2.45, 2.75) is 0 Å². The van der Waals surface area contributed by atoms with Crippen LogP contribution in [0.25, 0.3) is 11.1 Å². The summed E-state index contributed by atoms with van der Waals surface area (Å²) >= 11 is 0. The van der Waals surface area contributed by atoms with Gasteiger partial charge in [-0.3, -0.25) is 0 Å². The monoisotopic (exact) mass is 514 g/mol. The lowest BCUT2D eigenvalue weighted by Crippen LogP contribution is -2.08. The zero-order valence-corrected chi connectivity index (χ0v) is 23.8. The minimum atomic E-state index is 0.509. The molecule has 1 N–H and O–H groups in total. The topological polar surface area (TPSA) is 33.6 Å². The van der Waals surface area contributed by atoms with E-state index in [0.29, 0.717) is 5.71 Å². The number of hydrogen-bond donors (Lipinski definition) is 1. The Hall–Kier alpha value is -4.57. The second-order valence-electron chi connectivity index (χ2n) is 10.3. The van der Waals surface area contributed by atoms with Crippen LogP contribution in [-0.4, -0.2) is 48.0 Å². The highest BCUT2D eigenvalue weighted by Gasteiger charge is 2.09. The van der Waals surface area contributed by atoms with Gasteiger partial charge in [0, 0.05) is 59.3 Å². The molecule has 3 aromatic carbocycles. The molecule has 0 saturated carbocycles. The van der Waals surface area contributed by atoms with Crippen molar-refractivity contribution in [3.63, 3.8) is 0 Å². The molecule has 0 amide bonds. The third-order valence-electron chi connectivity index (χ3n) is 6.81. The summed E-state index contributed by atoms with van der Waals surface area (Å²) in [6.07, 6.45) is 14.2. The average molecular weight is 515 g/mol. The SMILES string of the molecule is CN(C)c1ccc(C(=CC=CC(=C2C=CC(=N)C=C2)c2ccc(N(C)C)cc2)c2ccc(N(C)C)cc2)cc1. The van der Waals surface area contributed by atoms with Gasteiger partial charge in [0.15, 0.2) is 0 Å². The maximum atomic E-state index is 7.93. The van der Waals surface area contributed by atoms with Crippen LogP contribution in [-0.2, 0) is 0 Å². The van der Waals surface area contributed by atoms with Crippen LogP contribution in [0.5, 0.6) is 0 Å². The third-order valence-corrected chi connectivity index (χ3v) is 6.81. The van der Waals surface area contributed by atoms with Gasteiger partial charge in [0.05, 0.1) is 5.71 Å². The number of nitrogens with zero attached hydrogens (tertiary/aromatic N) is 3. The molecule has 4 heteroatoms. The number of hydrogen-bond acceptors (Lipinski definition) is 4. The Kier molecular flexibility index (Phi) is 8.67. The molecule has 4 rings (SSSR count). The lowest BCUT2D eigenvalue weighted by Gasteiger charge is -2.16. The van der Waals surface area contributed by atoms with Gasteiger partial charge >= 0.3 is 0 Å². The van der Waals surface area contributed by atoms with E-state index in [1.54, 1.807) is 0 Å². The molecule has 4 nitrogen and oxygen atoms in total. The van der Waals surface area contributed by atoms with Gasteiger partial charge in [-0.05, 0) is 82.0 Å². The van der Waals surface area contributed by atoms with Crippen LogP contribution in [0.1, 0.15) is 16.7 Å². The fraction of sp³-hybridized carbons (Fsp3) is 0.171. The first-order chi connectivity index (χ1) is 18.7. The number of benzene rings is 3. The van der Waals surface area contributed by atoms with Gasteiger partial charge in [-0.25, -0.2) is 0 Å². The molecule has 0 bridgehead atoms. The first-order valence-electron chi connectivity index (χ1n) is 13.1. The molecule has 0 aliphatic heterocycles. The van der Waals surface area contributed by atoms with E-state index in [0.717, 1.165) is 28.0 Å². The van der Waals surface area contributed by atoms with Crippen LogP contribution in [0.15, 0.2) is 121 Å². The molecule has 0 fully saturated rings. The molecule has 3 aromatic rings. The van der Waals surface area contributed by atoms with E-state index in [9.17, 15) is 0 Å². The fourth-order valence-corrected chi connectivity index (χ4v) is 4.43. The van der Waals surface area contributed by atoms with Crippen molar-refractivity contribution in [3.05, 3.63) is 138 Å². The lowest BCUT2D eigenvalue weighted by atomic mass is 9.94. The van der Waals surface area contributed by atoms with E-state index in [1.165, 1.54) is 22.5 Å². The van der Waals surface area contributed by atoms with Gasteiger partial charge in [0.25, 0.3) is 0 Å². The van der Waals surface area contributed by atoms with Crippen LogP contribution in [0.3, 0.4) is 0 Å². The first kappa shape index (κ1) is 27.5. The van der Waals surface area contributed by atoms with Crippen LogP contribution in [0.4, 0.5) is 17.1 Å². The van der Waals surface area contributed by atoms with Crippen molar-refractivity contribution in [2.24, 2.45) is 0 Å². The van der Waals surface area contributed by atoms with E-state index in [-0.39, 0.29) is 0 Å². The number of anilines is 3. The molecule has 0 atom stereocenters. The molecule has 0 aromatic heterocycles. The zero-order chi connectivity index (χ0) is 27.9. The Morgan fingerprint density at radius 3 is 1.31 bits per heavy atom. The lowest BCUT2D eigenvalue weighted by molar-refractivity contribution is 1.13. The summed E-state index contributed by atoms with van der Waals surface area (Å²) in [7, 11) is 12.3. The Balaban J connectivity index is 1.78. The van der Waals surface area contributed by atoms with Crippen molar-refractivity contribution in [1.29, 1.82) is 5.41 Å². The first-order valence-corrected chi connectivity index (χ1v) is 13.1. The highest BCUT2D eigenvalue weighted by atomic mass is 15.1. The minimum Gasteiger partial charge on any atom is -0.378 e. The largest absolute Gasteiger partial charge is 0.378 e. The summed E-state index contributed by atoms with van der Waals surface area (Å²) in [5.41, 5.74) is 10.8. The van der Waals surface area contributed by atoms with Crippen molar-refractivity contribution in [1.82, 2.24) is 0 Å². The van der Waals surface area contributed by atoms with E-state index < -0.39 is 0 Å². The Labute approximate surface area is 233 Å². The highest BCUT2D eigenvalue weighted by Crippen LogP contribution is 2.29. The second kappa shape index (κ2) is 12.3. The van der Waals surface area contributed by atoms with Gasteiger partial charge < -0.3 is 20.1 Å². The van der Waals surface area contributed by atoms with Crippen molar-refractivity contribution in [2.75, 3.05) is 57.0 Å². The Bertz CT molecular complexity index is 1370. The Morgan fingerprint density at radius 2 is 0.923 bits per heavy atom. The smallest absolute Gasteiger partial charge is 0.0540 e. The molecule has 39 heavy (non-hydrogen) atoms. The zero-order valence-electron chi connectivity index (χ0n) is 23.8. The summed E-state index contributed by atoms with van der Waals surface area (Å²) in [5.74, 6) is 0. The minimum absolute atomic E-state index is 0.509. The molecular weight excluding hydrogens is 476 g/mol. The summed E-state index contributed by atoms with van der Waals surface area (Å²) in [6, 6.07) is 26.0. The van der Waals surface area contributed by atoms with Crippen LogP contribution >= 0.6 is 0 Å². The summed E-state index contributed by atoms with van der Waals surface area (Å²) < 4.78 is 0. The molecule has 1 aliphatic rings. The quantitative estimate of drug-likeness (QED) is 0.317. The molecule has 0 saturated heterocycles. The van der Waals surface area contributed by atoms with Crippen molar-refractivity contribution >= 4 is 33.9 Å². The van der Waals surface area contributed by atoms with E-state index in [2.05, 4.69) is 148 Å². The molecule has 0 unspecified atom stereocenters. The maximum absolute atomic E-state index is 7.93. The molecule has 0 spiro atoms. The average Bonchev–Trinajstić information content (AvgIpc) is 2.94. The molecule has 1 aliphatic carbocycles. The summed E-state index contributed by atoms with van der Waals surface area (Å²) in [4.78, 5) is 6.33. The number of rotatable bonds is 8. The van der Waals surface area contributed by atoms with E-state index in [1.807, 2.05) is 24.3 Å². The van der Waals surface area contributed by atoms with Gasteiger partial charge in [-0.1, -0.05) is 66.8 Å². The van der Waals surface area contributed by atoms with Gasteiger partial charge in [0.2, 0.25) is 0 Å². The standard InChI is InChI=1S/C35H38N4/c1-37(2)31-20-12-27(13-21-31)34(26-10-18-30(36)19-11-26)8-7-9-35(28-14-22-32(23-15-28)38(3)4)29-16-24-33(25-17-29)39(5)6/h7-25,36H,1-6H3. The molecular formula is C35H38N4. The van der Waals surface area contributed by atoms with Gasteiger partial charge in [0.1, 0.15) is 0 Å². The maximum Gasteiger partial charge on any atom is 0.0540 e. The molecule has 0 heterocycles. The van der Waals surface area contributed by atoms with Gasteiger partial charge in [-0.15, -0.1) is 0 Å². The van der Waals surface area contributed by atoms with Crippen molar-refractivity contribution in [3.8, 4) is 0 Å². The fourth-order valence-electron chi connectivity index (χ4n) is 4.43. The summed E-state index contributed by atoms with van der Waals surface area (Å²) in [5, 5.41) is 7.93. The highest BCUT2D eigenvalue weighted by molar-refractivity contribution is 6.04. The van der Waals surface area contributed by atoms with Crippen LogP contribution < -0.4 is 14.7 Å². The normalized spacial score (nSPS) is 12.6. The van der Waals surface area contributed by atoms with Crippen LogP contribution in [0.2, 0.25) is 0 Å². The predicted molar refractivity (Wildman–Crippen MR) is 171 cm³/mol. The third kappa shape index (κ3) is 6.85. The van der Waals surface area contributed by atoms with E-state index >= 15 is 0 Å². The summed E-state index contributed by atoms with van der Waals surface area (Å²) in [6.45, 7) is 0. The molecule has 0 radical (unpaired) electrons. The van der Waals surface area contributed by atoms with E-state index in [4.69, 9.17) is 5.41 Å². The van der Waals surface area contributed by atoms with Gasteiger partial charge in [-0.2, -0.15) is 0 Å². The van der Waals surface area contributed by atoms with Crippen LogP contribution in [0, 0.1) is 5.41 Å². The number of nitrogens with one attached hydrogen (secondary N) is 1. The predicted octanol–water partition coefficient (Wildman–Crippen LogP) is 7.47. The van der Waals surface area contributed by atoms with Crippen molar-refractivity contribution < 1.29 is 0 Å². The number of allylic oxidation sites excluding steroid dienone is 9. The molecule has 198 valence electrons. The second-order valence-corrected chi connectivity index (χ2v) is 10.3. The Morgan fingerprint density at radius 1 is 0.538 bits per heavy atom.